The number of hydrogen-bond acceptors (Lipinski definition) is 3. The van der Waals surface area contributed by atoms with E-state index in [4.69, 9.17) is 4.74 Å². The summed E-state index contributed by atoms with van der Waals surface area (Å²) < 4.78 is 6.12. The van der Waals surface area contributed by atoms with Gasteiger partial charge in [0.15, 0.2) is 5.78 Å². The molecule has 0 aliphatic carbocycles. The van der Waals surface area contributed by atoms with Crippen molar-refractivity contribution in [1.29, 1.82) is 0 Å². The molecule has 1 rings (SSSR count). The van der Waals surface area contributed by atoms with Gasteiger partial charge in [-0.25, -0.2) is 0 Å². The minimum Gasteiger partial charge on any atom is -0.496 e. The number of carbonyl (C=O) groups excluding carboxylic acids is 1. The normalized spacial score (nSPS) is 10.1. The maximum absolute atomic E-state index is 11.8. The van der Waals surface area contributed by atoms with Crippen LogP contribution in [0.4, 0.5) is 0 Å². The van der Waals surface area contributed by atoms with Gasteiger partial charge in [0.25, 0.3) is 0 Å². The van der Waals surface area contributed by atoms with Crippen LogP contribution in [-0.2, 0) is 0 Å². The summed E-state index contributed by atoms with van der Waals surface area (Å²) in [7, 11) is 3.32. The van der Waals surface area contributed by atoms with Crippen LogP contribution in [0.15, 0.2) is 16.6 Å². The molecule has 0 unspecified atom stereocenters. The molecule has 0 atom stereocenters. The predicted molar refractivity (Wildman–Crippen MR) is 63.7 cm³/mol. The maximum Gasteiger partial charge on any atom is 0.180 e. The Morgan fingerprint density at radius 2 is 2.20 bits per heavy atom. The lowest BCUT2D eigenvalue weighted by Crippen LogP contribution is -2.19. The highest BCUT2D eigenvalue weighted by atomic mass is 79.9. The molecule has 0 fully saturated rings. The zero-order valence-corrected chi connectivity index (χ0v) is 10.6. The predicted octanol–water partition coefficient (Wildman–Crippen LogP) is 2.17. The second-order valence-corrected chi connectivity index (χ2v) is 4.17. The highest BCUT2D eigenvalue weighted by Crippen LogP contribution is 2.27. The average Bonchev–Trinajstić information content (AvgIpc) is 2.17. The van der Waals surface area contributed by atoms with Gasteiger partial charge in [0, 0.05) is 4.47 Å². The van der Waals surface area contributed by atoms with E-state index in [1.54, 1.807) is 20.2 Å². The number of Topliss-reactive ketones (excluding diaryl/α,β-unsaturated/α-hetero) is 1. The Morgan fingerprint density at radius 1 is 1.53 bits per heavy atom. The van der Waals surface area contributed by atoms with Gasteiger partial charge in [-0.05, 0) is 31.7 Å². The van der Waals surface area contributed by atoms with Crippen molar-refractivity contribution in [2.24, 2.45) is 0 Å². The summed E-state index contributed by atoms with van der Waals surface area (Å²) in [5, 5.41) is 2.84. The Hall–Kier alpha value is -0.870. The maximum atomic E-state index is 11.8. The Morgan fingerprint density at radius 3 is 2.73 bits per heavy atom. The molecule has 0 saturated carbocycles. The Labute approximate surface area is 97.9 Å². The summed E-state index contributed by atoms with van der Waals surface area (Å²) in [4.78, 5) is 11.8. The van der Waals surface area contributed by atoms with Crippen molar-refractivity contribution in [3.8, 4) is 5.75 Å². The monoisotopic (exact) mass is 271 g/mol. The highest BCUT2D eigenvalue weighted by molar-refractivity contribution is 9.10. The SMILES string of the molecule is CNCC(=O)c1cc(Br)cc(C)c1OC. The molecule has 3 nitrogen and oxygen atoms in total. The van der Waals surface area contributed by atoms with Gasteiger partial charge in [-0.2, -0.15) is 0 Å². The lowest BCUT2D eigenvalue weighted by molar-refractivity contribution is 0.0990. The van der Waals surface area contributed by atoms with Crippen LogP contribution < -0.4 is 10.1 Å². The number of nitrogens with one attached hydrogen (secondary N) is 1. The van der Waals surface area contributed by atoms with Crippen molar-refractivity contribution in [1.82, 2.24) is 5.32 Å². The number of rotatable bonds is 4. The van der Waals surface area contributed by atoms with Gasteiger partial charge < -0.3 is 10.1 Å². The summed E-state index contributed by atoms with van der Waals surface area (Å²) in [6, 6.07) is 3.71. The number of halogens is 1. The number of likely N-dealkylation sites (N-methyl/N-ethyl adjacent to an activating group) is 1. The fourth-order valence-corrected chi connectivity index (χ4v) is 2.04. The second kappa shape index (κ2) is 5.28. The summed E-state index contributed by atoms with van der Waals surface area (Å²) in [5.74, 6) is 0.678. The molecule has 0 heterocycles. The molecular weight excluding hydrogens is 258 g/mol. The smallest absolute Gasteiger partial charge is 0.180 e. The molecule has 0 spiro atoms. The van der Waals surface area contributed by atoms with E-state index in [0.717, 1.165) is 10.0 Å². The summed E-state index contributed by atoms with van der Waals surface area (Å²) in [6.45, 7) is 2.23. The van der Waals surface area contributed by atoms with E-state index in [2.05, 4.69) is 21.2 Å². The van der Waals surface area contributed by atoms with E-state index in [0.29, 0.717) is 17.9 Å². The summed E-state index contributed by atoms with van der Waals surface area (Å²) in [5.41, 5.74) is 1.56. The lowest BCUT2D eigenvalue weighted by Gasteiger charge is -2.11. The zero-order valence-electron chi connectivity index (χ0n) is 9.06. The van der Waals surface area contributed by atoms with Crippen LogP contribution in [0.25, 0.3) is 0 Å². The first-order chi connectivity index (χ1) is 7.10. The molecule has 0 amide bonds. The molecule has 1 N–H and O–H groups in total. The van der Waals surface area contributed by atoms with E-state index in [-0.39, 0.29) is 5.78 Å². The van der Waals surface area contributed by atoms with E-state index < -0.39 is 0 Å². The number of methoxy groups -OCH3 is 1. The van der Waals surface area contributed by atoms with Crippen molar-refractivity contribution in [2.75, 3.05) is 20.7 Å². The van der Waals surface area contributed by atoms with Crippen LogP contribution in [0, 0.1) is 6.92 Å². The van der Waals surface area contributed by atoms with Crippen molar-refractivity contribution in [3.05, 3.63) is 27.7 Å². The lowest BCUT2D eigenvalue weighted by atomic mass is 10.1. The molecule has 0 bridgehead atoms. The molecule has 4 heteroatoms. The molecular formula is C11H14BrNO2. The first-order valence-electron chi connectivity index (χ1n) is 4.62. The van der Waals surface area contributed by atoms with Crippen molar-refractivity contribution < 1.29 is 9.53 Å². The summed E-state index contributed by atoms with van der Waals surface area (Å²) >= 11 is 3.37. The van der Waals surface area contributed by atoms with E-state index in [9.17, 15) is 4.79 Å². The zero-order chi connectivity index (χ0) is 11.4. The number of aryl methyl sites for hydroxylation is 1. The Balaban J connectivity index is 3.20. The van der Waals surface area contributed by atoms with Crippen molar-refractivity contribution in [3.63, 3.8) is 0 Å². The van der Waals surface area contributed by atoms with Gasteiger partial charge >= 0.3 is 0 Å². The molecule has 15 heavy (non-hydrogen) atoms. The standard InChI is InChI=1S/C11H14BrNO2/c1-7-4-8(12)5-9(11(7)15-3)10(14)6-13-2/h4-5,13H,6H2,1-3H3. The van der Waals surface area contributed by atoms with Crippen molar-refractivity contribution in [2.45, 2.75) is 6.92 Å². The third kappa shape index (κ3) is 2.79. The fraction of sp³-hybridized carbons (Fsp3) is 0.364. The first kappa shape index (κ1) is 12.2. The summed E-state index contributed by atoms with van der Waals surface area (Å²) in [6.07, 6.45) is 0. The van der Waals surface area contributed by atoms with Crippen LogP contribution >= 0.6 is 15.9 Å². The quantitative estimate of drug-likeness (QED) is 0.854. The minimum atomic E-state index is 0.0266. The molecule has 0 radical (unpaired) electrons. The largest absolute Gasteiger partial charge is 0.496 e. The average molecular weight is 272 g/mol. The molecule has 1 aromatic rings. The second-order valence-electron chi connectivity index (χ2n) is 3.26. The molecule has 82 valence electrons. The molecule has 0 aromatic heterocycles. The fourth-order valence-electron chi connectivity index (χ4n) is 1.46. The third-order valence-electron chi connectivity index (χ3n) is 2.08. The van der Waals surface area contributed by atoms with Gasteiger partial charge in [-0.15, -0.1) is 0 Å². The van der Waals surface area contributed by atoms with Crippen molar-refractivity contribution >= 4 is 21.7 Å². The molecule has 0 saturated heterocycles. The Kier molecular flexibility index (Phi) is 4.29. The topological polar surface area (TPSA) is 38.3 Å². The first-order valence-corrected chi connectivity index (χ1v) is 5.41. The van der Waals surface area contributed by atoms with Gasteiger partial charge in [0.05, 0.1) is 19.2 Å². The third-order valence-corrected chi connectivity index (χ3v) is 2.54. The van der Waals surface area contributed by atoms with Crippen LogP contribution in [0.2, 0.25) is 0 Å². The van der Waals surface area contributed by atoms with Crippen LogP contribution in [0.5, 0.6) is 5.75 Å². The highest BCUT2D eigenvalue weighted by Gasteiger charge is 2.14. The molecule has 1 aromatic carbocycles. The molecule has 0 aliphatic rings. The molecule has 0 aliphatic heterocycles. The van der Waals surface area contributed by atoms with E-state index in [1.165, 1.54) is 0 Å². The minimum absolute atomic E-state index is 0.0266. The number of hydrogen-bond donors (Lipinski definition) is 1. The number of ether oxygens (including phenoxy) is 1. The van der Waals surface area contributed by atoms with Crippen LogP contribution in [0.3, 0.4) is 0 Å². The number of ketones is 1. The van der Waals surface area contributed by atoms with Gasteiger partial charge in [-0.1, -0.05) is 15.9 Å². The van der Waals surface area contributed by atoms with Crippen LogP contribution in [-0.4, -0.2) is 26.5 Å². The number of benzene rings is 1. The van der Waals surface area contributed by atoms with E-state index >= 15 is 0 Å². The van der Waals surface area contributed by atoms with Gasteiger partial charge in [0.1, 0.15) is 5.75 Å². The number of carbonyl (C=O) groups is 1. The van der Waals surface area contributed by atoms with E-state index in [1.807, 2.05) is 13.0 Å². The van der Waals surface area contributed by atoms with Gasteiger partial charge in [0.2, 0.25) is 0 Å². The van der Waals surface area contributed by atoms with Gasteiger partial charge in [-0.3, -0.25) is 4.79 Å². The van der Waals surface area contributed by atoms with Crippen LogP contribution in [0.1, 0.15) is 15.9 Å². The Bertz CT molecular complexity index is 377.